The van der Waals surface area contributed by atoms with Crippen LogP contribution in [0.1, 0.15) is 33.3 Å². The van der Waals surface area contributed by atoms with Gasteiger partial charge in [0.05, 0.1) is 18.2 Å². The van der Waals surface area contributed by atoms with Crippen LogP contribution in [0.5, 0.6) is 11.5 Å². The topological polar surface area (TPSA) is 67.8 Å². The Morgan fingerprint density at radius 2 is 1.90 bits per heavy atom. The van der Waals surface area contributed by atoms with E-state index in [1.807, 2.05) is 27.7 Å². The fraction of sp³-hybridized carbons (Fsp3) is 0.533. The lowest BCUT2D eigenvalue weighted by atomic mass is 10.1. The quantitative estimate of drug-likeness (QED) is 0.846. The van der Waals surface area contributed by atoms with E-state index in [1.165, 1.54) is 0 Å². The number of halogens is 1. The van der Waals surface area contributed by atoms with Gasteiger partial charge in [0, 0.05) is 11.6 Å². The first kappa shape index (κ1) is 17.6. The molecule has 0 saturated heterocycles. The summed E-state index contributed by atoms with van der Waals surface area (Å²) in [6.07, 6.45) is 0. The van der Waals surface area contributed by atoms with E-state index < -0.39 is 0 Å². The molecule has 118 valence electrons. The number of nitrogens with one attached hydrogen (secondary N) is 1. The van der Waals surface area contributed by atoms with Crippen molar-refractivity contribution in [3.8, 4) is 11.5 Å². The second-order valence-electron chi connectivity index (χ2n) is 5.57. The Hall–Kier alpha value is -1.46. The molecule has 1 aromatic rings. The van der Waals surface area contributed by atoms with Gasteiger partial charge in [-0.3, -0.25) is 4.79 Å². The van der Waals surface area contributed by atoms with Gasteiger partial charge in [-0.15, -0.1) is 0 Å². The second-order valence-corrected chi connectivity index (χ2v) is 5.98. The number of hydrogen-bond acceptors (Lipinski definition) is 4. The first-order chi connectivity index (χ1) is 9.76. The number of carbonyl (C=O) groups is 1. The summed E-state index contributed by atoms with van der Waals surface area (Å²) < 4.78 is 10.9. The van der Waals surface area contributed by atoms with Gasteiger partial charge in [0.15, 0.2) is 18.1 Å². The molecule has 1 amide bonds. The van der Waals surface area contributed by atoms with Crippen molar-refractivity contribution in [1.29, 1.82) is 0 Å². The maximum atomic E-state index is 11.8. The zero-order valence-corrected chi connectivity index (χ0v) is 13.6. The predicted molar refractivity (Wildman–Crippen MR) is 81.9 cm³/mol. The average Bonchev–Trinajstić information content (AvgIpc) is 2.36. The zero-order chi connectivity index (χ0) is 16.0. The van der Waals surface area contributed by atoms with Crippen LogP contribution in [0.25, 0.3) is 0 Å². The summed E-state index contributed by atoms with van der Waals surface area (Å²) in [4.78, 5) is 11.8. The monoisotopic (exact) mass is 315 g/mol. The van der Waals surface area contributed by atoms with Crippen LogP contribution in [0.2, 0.25) is 5.02 Å². The molecule has 5 nitrogen and oxygen atoms in total. The molecule has 0 aromatic heterocycles. The Labute approximate surface area is 130 Å². The third-order valence-electron chi connectivity index (χ3n) is 2.46. The molecule has 0 heterocycles. The Balaban J connectivity index is 2.82. The van der Waals surface area contributed by atoms with Gasteiger partial charge in [-0.05, 0) is 39.3 Å². The van der Waals surface area contributed by atoms with Crippen LogP contribution in [-0.2, 0) is 11.4 Å². The van der Waals surface area contributed by atoms with E-state index in [0.717, 1.165) is 0 Å². The minimum atomic E-state index is -0.318. The minimum absolute atomic E-state index is 0.133. The molecule has 0 radical (unpaired) electrons. The maximum Gasteiger partial charge on any atom is 0.258 e. The van der Waals surface area contributed by atoms with Gasteiger partial charge >= 0.3 is 0 Å². The number of hydrogen-bond donors (Lipinski definition) is 2. The molecule has 0 aliphatic carbocycles. The van der Waals surface area contributed by atoms with Gasteiger partial charge in [0.2, 0.25) is 0 Å². The van der Waals surface area contributed by atoms with Gasteiger partial charge in [-0.25, -0.2) is 0 Å². The van der Waals surface area contributed by atoms with E-state index in [4.69, 9.17) is 21.1 Å². The Morgan fingerprint density at radius 1 is 1.29 bits per heavy atom. The Bertz CT molecular complexity index is 497. The summed E-state index contributed by atoms with van der Waals surface area (Å²) in [5.41, 5.74) is 0.230. The third-order valence-corrected chi connectivity index (χ3v) is 2.81. The zero-order valence-electron chi connectivity index (χ0n) is 12.8. The molecular formula is C15H22ClNO4. The number of rotatable bonds is 6. The lowest BCUT2D eigenvalue weighted by molar-refractivity contribution is -0.124. The van der Waals surface area contributed by atoms with Crippen LogP contribution in [-0.4, -0.2) is 29.8 Å². The SMILES string of the molecule is CCOc1cc(CO)c(Cl)cc1OCC(=O)NC(C)(C)C. The summed E-state index contributed by atoms with van der Waals surface area (Å²) in [7, 11) is 0. The van der Waals surface area contributed by atoms with E-state index >= 15 is 0 Å². The van der Waals surface area contributed by atoms with E-state index in [-0.39, 0.29) is 24.7 Å². The van der Waals surface area contributed by atoms with Crippen molar-refractivity contribution in [3.63, 3.8) is 0 Å². The number of aliphatic hydroxyl groups is 1. The molecule has 0 aliphatic rings. The smallest absolute Gasteiger partial charge is 0.258 e. The molecule has 0 unspecified atom stereocenters. The molecule has 0 bridgehead atoms. The van der Waals surface area contributed by atoms with Gasteiger partial charge < -0.3 is 19.9 Å². The fourth-order valence-electron chi connectivity index (χ4n) is 1.68. The first-order valence-electron chi connectivity index (χ1n) is 6.76. The number of carbonyl (C=O) groups excluding carboxylic acids is 1. The van der Waals surface area contributed by atoms with Gasteiger partial charge in [0.1, 0.15) is 0 Å². The Morgan fingerprint density at radius 3 is 2.43 bits per heavy atom. The molecular weight excluding hydrogens is 294 g/mol. The van der Waals surface area contributed by atoms with Crippen LogP contribution >= 0.6 is 11.6 Å². The number of amides is 1. The number of ether oxygens (including phenoxy) is 2. The van der Waals surface area contributed by atoms with E-state index in [2.05, 4.69) is 5.32 Å². The normalized spacial score (nSPS) is 11.1. The maximum absolute atomic E-state index is 11.8. The number of aliphatic hydroxyl groups excluding tert-OH is 1. The third kappa shape index (κ3) is 5.81. The number of benzene rings is 1. The van der Waals surface area contributed by atoms with Crippen LogP contribution < -0.4 is 14.8 Å². The molecule has 1 aromatic carbocycles. The molecule has 0 fully saturated rings. The van der Waals surface area contributed by atoms with E-state index in [0.29, 0.717) is 28.7 Å². The highest BCUT2D eigenvalue weighted by atomic mass is 35.5. The Kier molecular flexibility index (Phi) is 6.30. The predicted octanol–water partition coefficient (Wildman–Crippen LogP) is 2.52. The molecule has 6 heteroatoms. The largest absolute Gasteiger partial charge is 0.490 e. The van der Waals surface area contributed by atoms with Crippen LogP contribution in [0.3, 0.4) is 0 Å². The highest BCUT2D eigenvalue weighted by molar-refractivity contribution is 6.31. The lowest BCUT2D eigenvalue weighted by Gasteiger charge is -2.21. The summed E-state index contributed by atoms with van der Waals surface area (Å²) in [5.74, 6) is 0.602. The second kappa shape index (κ2) is 7.52. The van der Waals surface area contributed by atoms with Crippen molar-refractivity contribution in [3.05, 3.63) is 22.7 Å². The molecule has 2 N–H and O–H groups in total. The van der Waals surface area contributed by atoms with Crippen molar-refractivity contribution < 1.29 is 19.4 Å². The van der Waals surface area contributed by atoms with Crippen molar-refractivity contribution in [2.45, 2.75) is 39.8 Å². The standard InChI is InChI=1S/C15H22ClNO4/c1-5-20-12-6-10(8-18)11(16)7-13(12)21-9-14(19)17-15(2,3)4/h6-7,18H,5,8-9H2,1-4H3,(H,17,19). The van der Waals surface area contributed by atoms with Gasteiger partial charge in [-0.2, -0.15) is 0 Å². The van der Waals surface area contributed by atoms with Crippen LogP contribution in [0.15, 0.2) is 12.1 Å². The van der Waals surface area contributed by atoms with Crippen molar-refractivity contribution in [1.82, 2.24) is 5.32 Å². The van der Waals surface area contributed by atoms with Crippen molar-refractivity contribution >= 4 is 17.5 Å². The van der Waals surface area contributed by atoms with Crippen molar-refractivity contribution in [2.24, 2.45) is 0 Å². The van der Waals surface area contributed by atoms with Gasteiger partial charge in [0.25, 0.3) is 5.91 Å². The minimum Gasteiger partial charge on any atom is -0.490 e. The molecule has 21 heavy (non-hydrogen) atoms. The summed E-state index contributed by atoms with van der Waals surface area (Å²) in [5, 5.41) is 12.4. The van der Waals surface area contributed by atoms with Crippen LogP contribution in [0.4, 0.5) is 0 Å². The van der Waals surface area contributed by atoms with Gasteiger partial charge in [-0.1, -0.05) is 11.6 Å². The molecule has 1 rings (SSSR count). The molecule has 0 aliphatic heterocycles. The first-order valence-corrected chi connectivity index (χ1v) is 7.14. The average molecular weight is 316 g/mol. The van der Waals surface area contributed by atoms with E-state index in [9.17, 15) is 9.90 Å². The lowest BCUT2D eigenvalue weighted by Crippen LogP contribution is -2.43. The van der Waals surface area contributed by atoms with Crippen molar-refractivity contribution in [2.75, 3.05) is 13.2 Å². The van der Waals surface area contributed by atoms with E-state index in [1.54, 1.807) is 12.1 Å². The highest BCUT2D eigenvalue weighted by Crippen LogP contribution is 2.33. The molecule has 0 saturated carbocycles. The summed E-state index contributed by atoms with van der Waals surface area (Å²) in [6.45, 7) is 7.63. The highest BCUT2D eigenvalue weighted by Gasteiger charge is 2.16. The molecule has 0 atom stereocenters. The van der Waals surface area contributed by atoms with Crippen LogP contribution in [0, 0.1) is 0 Å². The fourth-order valence-corrected chi connectivity index (χ4v) is 1.89. The molecule has 0 spiro atoms. The summed E-state index contributed by atoms with van der Waals surface area (Å²) in [6, 6.07) is 3.16. The summed E-state index contributed by atoms with van der Waals surface area (Å²) >= 11 is 6.03.